The molecular weight excluding hydrogens is 422 g/mol. The first kappa shape index (κ1) is 26.2. The number of unbranched alkanes of at least 4 members (excludes halogenated alkanes) is 1. The maximum Gasteiger partial charge on any atom is 0.223 e. The predicted octanol–water partition coefficient (Wildman–Crippen LogP) is 4.40. The van der Waals surface area contributed by atoms with Crippen LogP contribution in [0.2, 0.25) is 0 Å². The summed E-state index contributed by atoms with van der Waals surface area (Å²) in [7, 11) is 0. The lowest BCUT2D eigenvalue weighted by atomic mass is 9.47. The van der Waals surface area contributed by atoms with Gasteiger partial charge in [-0.25, -0.2) is 0 Å². The first-order chi connectivity index (χ1) is 16.3. The molecule has 0 aromatic heterocycles. The van der Waals surface area contributed by atoms with Gasteiger partial charge < -0.3 is 21.5 Å². The molecular formula is C29H51N3O2. The van der Waals surface area contributed by atoms with E-state index in [1.165, 1.54) is 32.1 Å². The van der Waals surface area contributed by atoms with Crippen molar-refractivity contribution >= 4 is 5.91 Å². The van der Waals surface area contributed by atoms with Crippen molar-refractivity contribution in [2.75, 3.05) is 26.2 Å². The van der Waals surface area contributed by atoms with Crippen LogP contribution in [0.5, 0.6) is 0 Å². The molecule has 0 aromatic rings. The Kier molecular flexibility index (Phi) is 8.47. The monoisotopic (exact) mass is 473 g/mol. The Morgan fingerprint density at radius 1 is 1.09 bits per heavy atom. The van der Waals surface area contributed by atoms with Crippen LogP contribution in [0, 0.1) is 40.4 Å². The summed E-state index contributed by atoms with van der Waals surface area (Å²) >= 11 is 0. The van der Waals surface area contributed by atoms with Gasteiger partial charge in [-0.2, -0.15) is 0 Å². The largest absolute Gasteiger partial charge is 0.393 e. The van der Waals surface area contributed by atoms with E-state index in [4.69, 9.17) is 5.73 Å². The van der Waals surface area contributed by atoms with Gasteiger partial charge in [-0.1, -0.05) is 32.4 Å². The summed E-state index contributed by atoms with van der Waals surface area (Å²) in [5, 5.41) is 16.9. The van der Waals surface area contributed by atoms with Gasteiger partial charge in [-0.05, 0) is 125 Å². The molecule has 3 saturated carbocycles. The van der Waals surface area contributed by atoms with Gasteiger partial charge in [0.15, 0.2) is 0 Å². The van der Waals surface area contributed by atoms with Gasteiger partial charge in [0.1, 0.15) is 0 Å². The van der Waals surface area contributed by atoms with Crippen LogP contribution in [0.15, 0.2) is 11.6 Å². The van der Waals surface area contributed by atoms with Gasteiger partial charge in [0.05, 0.1) is 6.10 Å². The van der Waals surface area contributed by atoms with Crippen LogP contribution in [-0.2, 0) is 4.79 Å². The Hall–Kier alpha value is -0.910. The van der Waals surface area contributed by atoms with Crippen LogP contribution >= 0.6 is 0 Å². The Labute approximate surface area is 208 Å². The molecule has 0 bridgehead atoms. The van der Waals surface area contributed by atoms with Crippen LogP contribution in [0.1, 0.15) is 91.4 Å². The smallest absolute Gasteiger partial charge is 0.223 e. The van der Waals surface area contributed by atoms with Crippen molar-refractivity contribution in [1.82, 2.24) is 10.6 Å². The molecule has 4 rings (SSSR count). The highest BCUT2D eigenvalue weighted by Crippen LogP contribution is 2.67. The van der Waals surface area contributed by atoms with Crippen molar-refractivity contribution in [3.05, 3.63) is 11.6 Å². The minimum Gasteiger partial charge on any atom is -0.393 e. The highest BCUT2D eigenvalue weighted by Gasteiger charge is 2.59. The standard InChI is InChI=1S/C29H51N3O2/c1-20(27(34)32-18-6-17-31-16-5-4-15-30)24-9-10-25-23-8-7-21-19-22(33)11-13-28(21,2)26(23)12-14-29(24,25)3/h7,20,22-26,31,33H,4-6,8-19,30H2,1-3H3,(H,32,34)/t20?,22-,23?,24+,25?,26?,28-,29+/m0/s1. The summed E-state index contributed by atoms with van der Waals surface area (Å²) in [5.74, 6) is 3.12. The second kappa shape index (κ2) is 11.0. The quantitative estimate of drug-likeness (QED) is 0.280. The molecule has 3 fully saturated rings. The van der Waals surface area contributed by atoms with Gasteiger partial charge in [0.25, 0.3) is 0 Å². The second-order valence-electron chi connectivity index (χ2n) is 12.6. The molecule has 4 aliphatic carbocycles. The number of amides is 1. The van der Waals surface area contributed by atoms with Gasteiger partial charge in [-0.3, -0.25) is 4.79 Å². The third-order valence-corrected chi connectivity index (χ3v) is 10.8. The van der Waals surface area contributed by atoms with Gasteiger partial charge >= 0.3 is 0 Å². The van der Waals surface area contributed by atoms with Crippen LogP contribution in [-0.4, -0.2) is 43.3 Å². The lowest BCUT2D eigenvalue weighted by Gasteiger charge is -2.58. The molecule has 5 heteroatoms. The van der Waals surface area contributed by atoms with Crippen molar-refractivity contribution in [3.8, 4) is 0 Å². The Morgan fingerprint density at radius 2 is 1.88 bits per heavy atom. The number of hydrogen-bond donors (Lipinski definition) is 4. The van der Waals surface area contributed by atoms with E-state index in [0.29, 0.717) is 16.7 Å². The molecule has 194 valence electrons. The molecule has 0 aromatic carbocycles. The first-order valence-corrected chi connectivity index (χ1v) is 14.4. The average molecular weight is 474 g/mol. The normalized spacial score (nSPS) is 40.0. The molecule has 0 aliphatic heterocycles. The fraction of sp³-hybridized carbons (Fsp3) is 0.897. The lowest BCUT2D eigenvalue weighted by molar-refractivity contribution is -0.129. The van der Waals surface area contributed by atoms with Crippen molar-refractivity contribution in [2.24, 2.45) is 46.2 Å². The van der Waals surface area contributed by atoms with E-state index in [1.807, 2.05) is 0 Å². The van der Waals surface area contributed by atoms with Crippen LogP contribution in [0.3, 0.4) is 0 Å². The van der Waals surface area contributed by atoms with E-state index in [9.17, 15) is 9.90 Å². The number of fused-ring (bicyclic) bond motifs is 5. The van der Waals surface area contributed by atoms with E-state index in [0.717, 1.165) is 82.5 Å². The predicted molar refractivity (Wildman–Crippen MR) is 139 cm³/mol. The Balaban J connectivity index is 1.31. The number of carbonyl (C=O) groups excluding carboxylic acids is 1. The molecule has 34 heavy (non-hydrogen) atoms. The zero-order valence-electron chi connectivity index (χ0n) is 22.1. The minimum atomic E-state index is -0.133. The molecule has 8 atom stereocenters. The number of aliphatic hydroxyl groups is 1. The highest BCUT2D eigenvalue weighted by atomic mass is 16.3. The number of nitrogens with two attached hydrogens (primary N) is 1. The van der Waals surface area contributed by atoms with Crippen molar-refractivity contribution in [1.29, 1.82) is 0 Å². The van der Waals surface area contributed by atoms with E-state index in [1.54, 1.807) is 5.57 Å². The zero-order chi connectivity index (χ0) is 24.3. The third kappa shape index (κ3) is 4.99. The average Bonchev–Trinajstić information content (AvgIpc) is 3.17. The molecule has 0 saturated heterocycles. The fourth-order valence-corrected chi connectivity index (χ4v) is 8.79. The Bertz CT molecular complexity index is 739. The third-order valence-electron chi connectivity index (χ3n) is 10.8. The van der Waals surface area contributed by atoms with Crippen molar-refractivity contribution in [2.45, 2.75) is 97.5 Å². The van der Waals surface area contributed by atoms with E-state index in [-0.39, 0.29) is 17.9 Å². The number of aliphatic hydroxyl groups excluding tert-OH is 1. The molecule has 4 aliphatic rings. The van der Waals surface area contributed by atoms with Crippen molar-refractivity contribution < 1.29 is 9.90 Å². The van der Waals surface area contributed by atoms with Crippen LogP contribution < -0.4 is 16.4 Å². The zero-order valence-corrected chi connectivity index (χ0v) is 22.1. The minimum absolute atomic E-state index is 0.0965. The summed E-state index contributed by atoms with van der Waals surface area (Å²) < 4.78 is 0. The number of carbonyl (C=O) groups is 1. The summed E-state index contributed by atoms with van der Waals surface area (Å²) in [6.07, 6.45) is 14.8. The topological polar surface area (TPSA) is 87.4 Å². The molecule has 5 nitrogen and oxygen atoms in total. The molecule has 4 unspecified atom stereocenters. The van der Waals surface area contributed by atoms with E-state index in [2.05, 4.69) is 37.5 Å². The lowest BCUT2D eigenvalue weighted by Crippen LogP contribution is -2.51. The number of rotatable bonds is 10. The molecule has 0 heterocycles. The number of hydrogen-bond acceptors (Lipinski definition) is 4. The fourth-order valence-electron chi connectivity index (χ4n) is 8.79. The number of nitrogens with one attached hydrogen (secondary N) is 2. The molecule has 1 amide bonds. The van der Waals surface area contributed by atoms with Gasteiger partial charge in [-0.15, -0.1) is 0 Å². The van der Waals surface area contributed by atoms with E-state index < -0.39 is 0 Å². The summed E-state index contributed by atoms with van der Waals surface area (Å²) in [6, 6.07) is 0. The van der Waals surface area contributed by atoms with Gasteiger partial charge in [0, 0.05) is 12.5 Å². The molecule has 5 N–H and O–H groups in total. The second-order valence-corrected chi connectivity index (χ2v) is 12.6. The first-order valence-electron chi connectivity index (χ1n) is 14.4. The molecule has 0 radical (unpaired) electrons. The van der Waals surface area contributed by atoms with Crippen LogP contribution in [0.4, 0.5) is 0 Å². The van der Waals surface area contributed by atoms with E-state index >= 15 is 0 Å². The van der Waals surface area contributed by atoms with Crippen LogP contribution in [0.25, 0.3) is 0 Å². The summed E-state index contributed by atoms with van der Waals surface area (Å²) in [4.78, 5) is 13.1. The maximum atomic E-state index is 13.1. The maximum absolute atomic E-state index is 13.1. The van der Waals surface area contributed by atoms with Gasteiger partial charge in [0.2, 0.25) is 5.91 Å². The summed E-state index contributed by atoms with van der Waals surface area (Å²) in [5.41, 5.74) is 7.67. The molecule has 0 spiro atoms. The van der Waals surface area contributed by atoms with Crippen molar-refractivity contribution in [3.63, 3.8) is 0 Å². The highest BCUT2D eigenvalue weighted by molar-refractivity contribution is 5.78. The summed E-state index contributed by atoms with van der Waals surface area (Å²) in [6.45, 7) is 10.7. The number of allylic oxidation sites excluding steroid dienone is 1. The Morgan fingerprint density at radius 3 is 2.68 bits per heavy atom. The SMILES string of the molecule is CC(C(=O)NCCCNCCCCN)[C@H]1CCC2C3CC=C4C[C@@H](O)CC[C@]4(C)C3CC[C@@]21C.